The van der Waals surface area contributed by atoms with E-state index < -0.39 is 0 Å². The van der Waals surface area contributed by atoms with Gasteiger partial charge in [0.2, 0.25) is 0 Å². The summed E-state index contributed by atoms with van der Waals surface area (Å²) < 4.78 is 5.40. The molecule has 2 aromatic heterocycles. The molecular weight excluding hydrogens is 364 g/mol. The van der Waals surface area contributed by atoms with Crippen LogP contribution in [0.25, 0.3) is 22.2 Å². The van der Waals surface area contributed by atoms with Crippen molar-refractivity contribution < 1.29 is 4.74 Å². The molecule has 0 spiro atoms. The summed E-state index contributed by atoms with van der Waals surface area (Å²) in [6, 6.07) is 22.5. The van der Waals surface area contributed by atoms with Gasteiger partial charge in [-0.3, -0.25) is 5.43 Å². The molecule has 0 bridgehead atoms. The van der Waals surface area contributed by atoms with Gasteiger partial charge in [-0.15, -0.1) is 10.6 Å². The maximum atomic E-state index is 5.40. The highest BCUT2D eigenvalue weighted by Crippen LogP contribution is 2.33. The number of benzene rings is 2. The minimum Gasteiger partial charge on any atom is -0.497 e. The van der Waals surface area contributed by atoms with Crippen molar-refractivity contribution in [2.24, 2.45) is 5.10 Å². The molecule has 0 fully saturated rings. The van der Waals surface area contributed by atoms with Crippen LogP contribution >= 0.6 is 0 Å². The normalized spacial score (nSPS) is 13.1. The summed E-state index contributed by atoms with van der Waals surface area (Å²) >= 11 is 0. The minimum absolute atomic E-state index is 0.666. The van der Waals surface area contributed by atoms with Gasteiger partial charge in [0.25, 0.3) is 0 Å². The molecule has 0 aliphatic carbocycles. The number of nitrogens with one attached hydrogen (secondary N) is 4. The van der Waals surface area contributed by atoms with Gasteiger partial charge >= 0.3 is 0 Å². The molecule has 3 heterocycles. The number of rotatable bonds is 5. The van der Waals surface area contributed by atoms with Gasteiger partial charge in [-0.1, -0.05) is 36.4 Å². The Morgan fingerprint density at radius 1 is 0.966 bits per heavy atom. The Bertz CT molecular complexity index is 1200. The van der Waals surface area contributed by atoms with E-state index in [2.05, 4.69) is 44.8 Å². The largest absolute Gasteiger partial charge is 0.497 e. The van der Waals surface area contributed by atoms with Gasteiger partial charge in [-0.05, 0) is 35.4 Å². The first-order chi connectivity index (χ1) is 14.3. The number of pyridine rings is 1. The zero-order valence-electron chi connectivity index (χ0n) is 15.9. The highest BCUT2D eigenvalue weighted by atomic mass is 16.5. The van der Waals surface area contributed by atoms with E-state index in [1.807, 2.05) is 48.5 Å². The molecule has 0 unspecified atom stereocenters. The van der Waals surface area contributed by atoms with Crippen molar-refractivity contribution in [1.29, 1.82) is 0 Å². The van der Waals surface area contributed by atoms with Crippen molar-refractivity contribution in [3.05, 3.63) is 83.7 Å². The van der Waals surface area contributed by atoms with E-state index in [0.717, 1.165) is 39.3 Å². The van der Waals surface area contributed by atoms with Gasteiger partial charge in [0.15, 0.2) is 5.84 Å². The number of hydrazine groups is 2. The van der Waals surface area contributed by atoms with Gasteiger partial charge in [-0.2, -0.15) is 0 Å². The number of methoxy groups -OCH3 is 1. The number of aromatic nitrogens is 2. The second-order valence-electron chi connectivity index (χ2n) is 6.77. The minimum atomic E-state index is 0.666. The molecule has 2 aromatic carbocycles. The van der Waals surface area contributed by atoms with Crippen LogP contribution in [0.4, 0.5) is 0 Å². The SMILES string of the molecule is COc1ccc2c(Cc3cccc(C4=NNNN4)n3)c(-c3ccccc3)[nH]c2c1. The maximum Gasteiger partial charge on any atom is 0.189 e. The summed E-state index contributed by atoms with van der Waals surface area (Å²) in [5.41, 5.74) is 14.6. The summed E-state index contributed by atoms with van der Waals surface area (Å²) in [5.74, 6) is 1.49. The van der Waals surface area contributed by atoms with Crippen LogP contribution in [0.5, 0.6) is 5.75 Å². The van der Waals surface area contributed by atoms with Gasteiger partial charge in [0.1, 0.15) is 11.4 Å². The van der Waals surface area contributed by atoms with Gasteiger partial charge < -0.3 is 9.72 Å². The predicted molar refractivity (Wildman–Crippen MR) is 113 cm³/mol. The van der Waals surface area contributed by atoms with Crippen LogP contribution in [0, 0.1) is 0 Å². The number of fused-ring (bicyclic) bond motifs is 1. The van der Waals surface area contributed by atoms with Crippen LogP contribution in [-0.4, -0.2) is 22.9 Å². The molecule has 0 atom stereocenters. The molecule has 0 saturated heterocycles. The highest BCUT2D eigenvalue weighted by Gasteiger charge is 2.16. The summed E-state index contributed by atoms with van der Waals surface area (Å²) in [4.78, 5) is 8.37. The van der Waals surface area contributed by atoms with Crippen molar-refractivity contribution in [2.45, 2.75) is 6.42 Å². The Morgan fingerprint density at radius 3 is 2.66 bits per heavy atom. The molecule has 7 nitrogen and oxygen atoms in total. The van der Waals surface area contributed by atoms with Gasteiger partial charge in [-0.25, -0.2) is 10.5 Å². The Kier molecular flexibility index (Phi) is 4.34. The number of hydrogen-bond donors (Lipinski definition) is 4. The Balaban J connectivity index is 1.61. The molecular formula is C22H20N6O. The molecule has 1 aliphatic rings. The summed E-state index contributed by atoms with van der Waals surface area (Å²) in [7, 11) is 1.68. The molecule has 5 rings (SSSR count). The average molecular weight is 384 g/mol. The number of hydrogen-bond acceptors (Lipinski definition) is 6. The molecule has 29 heavy (non-hydrogen) atoms. The zero-order chi connectivity index (χ0) is 19.6. The number of aromatic amines is 1. The third-order valence-electron chi connectivity index (χ3n) is 4.99. The first-order valence-electron chi connectivity index (χ1n) is 9.36. The Labute approximate surface area is 167 Å². The van der Waals surface area contributed by atoms with E-state index in [1.54, 1.807) is 7.11 Å². The first kappa shape index (κ1) is 17.3. The summed E-state index contributed by atoms with van der Waals surface area (Å²) in [5, 5.41) is 5.30. The molecule has 144 valence electrons. The van der Waals surface area contributed by atoms with E-state index >= 15 is 0 Å². The Hall–Kier alpha value is -3.84. The first-order valence-corrected chi connectivity index (χ1v) is 9.36. The molecule has 4 aromatic rings. The zero-order valence-corrected chi connectivity index (χ0v) is 15.9. The van der Waals surface area contributed by atoms with E-state index in [4.69, 9.17) is 9.72 Å². The van der Waals surface area contributed by atoms with Crippen molar-refractivity contribution >= 4 is 16.7 Å². The quantitative estimate of drug-likeness (QED) is 0.425. The van der Waals surface area contributed by atoms with Crippen molar-refractivity contribution in [3.63, 3.8) is 0 Å². The van der Waals surface area contributed by atoms with Crippen LogP contribution in [-0.2, 0) is 6.42 Å². The van der Waals surface area contributed by atoms with Crippen LogP contribution in [0.2, 0.25) is 0 Å². The van der Waals surface area contributed by atoms with Crippen molar-refractivity contribution in [3.8, 4) is 17.0 Å². The van der Waals surface area contributed by atoms with E-state index in [1.165, 1.54) is 5.56 Å². The van der Waals surface area contributed by atoms with Gasteiger partial charge in [0, 0.05) is 29.1 Å². The Morgan fingerprint density at radius 2 is 1.86 bits per heavy atom. The van der Waals surface area contributed by atoms with Crippen LogP contribution in [0.15, 0.2) is 71.8 Å². The lowest BCUT2D eigenvalue weighted by molar-refractivity contribution is 0.415. The average Bonchev–Trinajstić information content (AvgIpc) is 3.43. The van der Waals surface area contributed by atoms with E-state index in [0.29, 0.717) is 12.3 Å². The lowest BCUT2D eigenvalue weighted by atomic mass is 10.0. The maximum absolute atomic E-state index is 5.40. The molecule has 0 radical (unpaired) electrons. The highest BCUT2D eigenvalue weighted by molar-refractivity contribution is 5.97. The third-order valence-corrected chi connectivity index (χ3v) is 4.99. The van der Waals surface area contributed by atoms with Crippen LogP contribution < -0.4 is 21.2 Å². The van der Waals surface area contributed by atoms with Crippen LogP contribution in [0.1, 0.15) is 17.0 Å². The van der Waals surface area contributed by atoms with E-state index in [-0.39, 0.29) is 0 Å². The lowest BCUT2D eigenvalue weighted by Crippen LogP contribution is -2.35. The monoisotopic (exact) mass is 384 g/mol. The summed E-state index contributed by atoms with van der Waals surface area (Å²) in [6.07, 6.45) is 0.693. The van der Waals surface area contributed by atoms with Gasteiger partial charge in [0.05, 0.1) is 12.8 Å². The number of amidine groups is 1. The fourth-order valence-electron chi connectivity index (χ4n) is 3.61. The smallest absolute Gasteiger partial charge is 0.189 e. The molecule has 0 amide bonds. The van der Waals surface area contributed by atoms with Crippen LogP contribution in [0.3, 0.4) is 0 Å². The topological polar surface area (TPSA) is 86.4 Å². The summed E-state index contributed by atoms with van der Waals surface area (Å²) in [6.45, 7) is 0. The fraction of sp³-hybridized carbons (Fsp3) is 0.0909. The lowest BCUT2D eigenvalue weighted by Gasteiger charge is -2.07. The number of nitrogens with zero attached hydrogens (tertiary/aromatic N) is 2. The standard InChI is InChI=1S/C22H20N6O/c1-29-16-10-11-17-18(21(24-20(17)13-16)14-6-3-2-4-7-14)12-15-8-5-9-19(23-15)22-25-27-28-26-22/h2-11,13,24,27-28H,12H2,1H3,(H,25,26). The van der Waals surface area contributed by atoms with Crippen molar-refractivity contribution in [1.82, 2.24) is 26.5 Å². The molecule has 4 N–H and O–H groups in total. The second kappa shape index (κ2) is 7.29. The van der Waals surface area contributed by atoms with E-state index in [9.17, 15) is 0 Å². The number of hydrazone groups is 1. The molecule has 1 aliphatic heterocycles. The number of ether oxygens (including phenoxy) is 1. The third kappa shape index (κ3) is 3.28. The molecule has 0 saturated carbocycles. The predicted octanol–water partition coefficient (Wildman–Crippen LogP) is 3.10. The molecule has 7 heteroatoms. The number of H-pyrrole nitrogens is 1. The fourth-order valence-corrected chi connectivity index (χ4v) is 3.61. The van der Waals surface area contributed by atoms with Crippen molar-refractivity contribution in [2.75, 3.05) is 7.11 Å². The second-order valence-corrected chi connectivity index (χ2v) is 6.77.